The minimum atomic E-state index is -1.04. The largest absolute Gasteiger partial charge is 0.479 e. The summed E-state index contributed by atoms with van der Waals surface area (Å²) in [6.07, 6.45) is 0. The van der Waals surface area contributed by atoms with Gasteiger partial charge in [-0.15, -0.1) is 11.3 Å². The highest BCUT2D eigenvalue weighted by Crippen LogP contribution is 2.56. The first kappa shape index (κ1) is 8.72. The Balaban J connectivity index is 2.34. The van der Waals surface area contributed by atoms with Crippen molar-refractivity contribution in [1.29, 1.82) is 0 Å². The maximum atomic E-state index is 10.9. The molecule has 1 N–H and O–H groups in total. The lowest BCUT2D eigenvalue weighted by molar-refractivity contribution is -0.142. The zero-order valence-corrected chi connectivity index (χ0v) is 8.22. The molecule has 2 atom stereocenters. The summed E-state index contributed by atoms with van der Waals surface area (Å²) in [6.45, 7) is 3.42. The second-order valence-corrected chi connectivity index (χ2v) is 4.40. The van der Waals surface area contributed by atoms with E-state index in [1.54, 1.807) is 6.92 Å². The molecule has 0 radical (unpaired) electrons. The predicted octanol–water partition coefficient (Wildman–Crippen LogP) is 1.84. The quantitative estimate of drug-likeness (QED) is 0.737. The first-order chi connectivity index (χ1) is 6.01. The Morgan fingerprint density at radius 3 is 2.69 bits per heavy atom. The Kier molecular flexibility index (Phi) is 1.56. The van der Waals surface area contributed by atoms with E-state index >= 15 is 0 Å². The number of hydrogen-bond acceptors (Lipinski definition) is 3. The summed E-state index contributed by atoms with van der Waals surface area (Å²) in [4.78, 5) is 11.8. The van der Waals surface area contributed by atoms with Crippen LogP contribution in [0.2, 0.25) is 0 Å². The van der Waals surface area contributed by atoms with Gasteiger partial charge in [0, 0.05) is 4.88 Å². The average Bonchev–Trinajstić information content (AvgIpc) is 2.56. The van der Waals surface area contributed by atoms with Crippen LogP contribution < -0.4 is 0 Å². The van der Waals surface area contributed by atoms with E-state index in [-0.39, 0.29) is 0 Å². The molecule has 1 aliphatic heterocycles. The van der Waals surface area contributed by atoms with Crippen LogP contribution in [0.3, 0.4) is 0 Å². The Labute approximate surface area is 80.0 Å². The highest BCUT2D eigenvalue weighted by molar-refractivity contribution is 7.10. The third-order valence-electron chi connectivity index (χ3n) is 2.68. The van der Waals surface area contributed by atoms with Crippen LogP contribution in [0, 0.1) is 0 Å². The van der Waals surface area contributed by atoms with Gasteiger partial charge in [-0.05, 0) is 25.3 Å². The van der Waals surface area contributed by atoms with E-state index in [2.05, 4.69) is 0 Å². The Bertz CT molecular complexity index is 346. The molecule has 0 aliphatic carbocycles. The number of rotatable bonds is 2. The molecule has 0 bridgehead atoms. The predicted molar refractivity (Wildman–Crippen MR) is 48.8 cm³/mol. The molecule has 1 aromatic heterocycles. The van der Waals surface area contributed by atoms with Gasteiger partial charge in [-0.3, -0.25) is 0 Å². The number of hydrogen-bond donors (Lipinski definition) is 1. The zero-order valence-electron chi connectivity index (χ0n) is 7.40. The first-order valence-corrected chi connectivity index (χ1v) is 4.86. The lowest BCUT2D eigenvalue weighted by Crippen LogP contribution is -2.27. The van der Waals surface area contributed by atoms with Gasteiger partial charge in [0.2, 0.25) is 0 Å². The third kappa shape index (κ3) is 0.957. The van der Waals surface area contributed by atoms with Crippen molar-refractivity contribution in [1.82, 2.24) is 0 Å². The van der Waals surface area contributed by atoms with Crippen LogP contribution in [0.4, 0.5) is 0 Å². The lowest BCUT2D eigenvalue weighted by atomic mass is 9.95. The molecule has 0 saturated carbocycles. The highest BCUT2D eigenvalue weighted by Gasteiger charge is 2.70. The molecule has 1 fully saturated rings. The summed E-state index contributed by atoms with van der Waals surface area (Å²) in [5.41, 5.74) is -1.68. The molecular formula is C9H10O3S. The van der Waals surface area contributed by atoms with Crippen LogP contribution in [0.15, 0.2) is 17.5 Å². The molecule has 2 heterocycles. The molecule has 0 amide bonds. The SMILES string of the molecule is CC1(C(=O)O)OC1(C)c1cccs1. The smallest absolute Gasteiger partial charge is 0.339 e. The molecule has 0 aromatic carbocycles. The molecule has 3 nitrogen and oxygen atoms in total. The number of ether oxygens (including phenoxy) is 1. The number of carbonyl (C=O) groups is 1. The van der Waals surface area contributed by atoms with Gasteiger partial charge in [-0.25, -0.2) is 4.79 Å². The molecule has 1 saturated heterocycles. The normalized spacial score (nSPS) is 37.4. The van der Waals surface area contributed by atoms with Gasteiger partial charge in [0.1, 0.15) is 5.60 Å². The average molecular weight is 198 g/mol. The summed E-state index contributed by atoms with van der Waals surface area (Å²) in [7, 11) is 0. The number of aliphatic carboxylic acids is 1. The molecular weight excluding hydrogens is 188 g/mol. The molecule has 4 heteroatoms. The fraction of sp³-hybridized carbons (Fsp3) is 0.444. The van der Waals surface area contributed by atoms with E-state index in [0.717, 1.165) is 4.88 Å². The van der Waals surface area contributed by atoms with Gasteiger partial charge in [0.25, 0.3) is 0 Å². The van der Waals surface area contributed by atoms with Gasteiger partial charge < -0.3 is 9.84 Å². The molecule has 13 heavy (non-hydrogen) atoms. The summed E-state index contributed by atoms with van der Waals surface area (Å²) in [5, 5.41) is 10.8. The van der Waals surface area contributed by atoms with Gasteiger partial charge in [0.05, 0.1) is 0 Å². The van der Waals surface area contributed by atoms with Crippen LogP contribution in [-0.2, 0) is 15.1 Å². The summed E-state index contributed by atoms with van der Waals surface area (Å²) >= 11 is 1.52. The van der Waals surface area contributed by atoms with Crippen molar-refractivity contribution in [3.63, 3.8) is 0 Å². The van der Waals surface area contributed by atoms with Gasteiger partial charge >= 0.3 is 5.97 Å². The van der Waals surface area contributed by atoms with Crippen molar-refractivity contribution in [2.24, 2.45) is 0 Å². The standard InChI is InChI=1S/C9H10O3S/c1-8(6-4-3-5-13-6)9(2,12-8)7(10)11/h3-5H,1-2H3,(H,10,11). The van der Waals surface area contributed by atoms with Crippen LogP contribution in [0.5, 0.6) is 0 Å². The number of carboxylic acid groups (broad SMARTS) is 1. The highest BCUT2D eigenvalue weighted by atomic mass is 32.1. The van der Waals surface area contributed by atoms with Crippen LogP contribution >= 0.6 is 11.3 Å². The maximum Gasteiger partial charge on any atom is 0.339 e. The van der Waals surface area contributed by atoms with E-state index in [0.29, 0.717) is 0 Å². The fourth-order valence-electron chi connectivity index (χ4n) is 1.47. The monoisotopic (exact) mass is 198 g/mol. The molecule has 0 spiro atoms. The topological polar surface area (TPSA) is 49.8 Å². The summed E-state index contributed by atoms with van der Waals surface area (Å²) in [6, 6.07) is 3.80. The summed E-state index contributed by atoms with van der Waals surface area (Å²) in [5.74, 6) is -0.900. The van der Waals surface area contributed by atoms with Crippen LogP contribution in [-0.4, -0.2) is 16.7 Å². The van der Waals surface area contributed by atoms with E-state index in [1.165, 1.54) is 11.3 Å². The second-order valence-electron chi connectivity index (χ2n) is 3.45. The van der Waals surface area contributed by atoms with Crippen molar-refractivity contribution in [3.8, 4) is 0 Å². The van der Waals surface area contributed by atoms with Crippen molar-refractivity contribution in [2.75, 3.05) is 0 Å². The molecule has 1 aliphatic rings. The zero-order chi connectivity index (χ0) is 9.69. The maximum absolute atomic E-state index is 10.9. The Morgan fingerprint density at radius 1 is 1.62 bits per heavy atom. The van der Waals surface area contributed by atoms with E-state index in [9.17, 15) is 4.79 Å². The van der Waals surface area contributed by atoms with E-state index in [4.69, 9.17) is 9.84 Å². The van der Waals surface area contributed by atoms with Crippen molar-refractivity contribution >= 4 is 17.3 Å². The lowest BCUT2D eigenvalue weighted by Gasteiger charge is -2.05. The van der Waals surface area contributed by atoms with Crippen molar-refractivity contribution in [2.45, 2.75) is 25.0 Å². The van der Waals surface area contributed by atoms with Gasteiger partial charge in [0.15, 0.2) is 5.60 Å². The summed E-state index contributed by atoms with van der Waals surface area (Å²) < 4.78 is 5.31. The minimum absolute atomic E-state index is 0.632. The number of epoxide rings is 1. The second kappa shape index (κ2) is 2.33. The van der Waals surface area contributed by atoms with E-state index in [1.807, 2.05) is 24.4 Å². The molecule has 2 rings (SSSR count). The number of carboxylic acids is 1. The van der Waals surface area contributed by atoms with Crippen molar-refractivity contribution < 1.29 is 14.6 Å². The minimum Gasteiger partial charge on any atom is -0.479 e. The first-order valence-electron chi connectivity index (χ1n) is 3.98. The Morgan fingerprint density at radius 2 is 2.31 bits per heavy atom. The number of thiophene rings is 1. The third-order valence-corrected chi connectivity index (χ3v) is 3.75. The molecule has 2 unspecified atom stereocenters. The molecule has 1 aromatic rings. The van der Waals surface area contributed by atoms with E-state index < -0.39 is 17.2 Å². The van der Waals surface area contributed by atoms with Gasteiger partial charge in [-0.2, -0.15) is 0 Å². The van der Waals surface area contributed by atoms with Crippen LogP contribution in [0.25, 0.3) is 0 Å². The van der Waals surface area contributed by atoms with Gasteiger partial charge in [-0.1, -0.05) is 6.07 Å². The Hall–Kier alpha value is -0.870. The van der Waals surface area contributed by atoms with Crippen LogP contribution in [0.1, 0.15) is 18.7 Å². The van der Waals surface area contributed by atoms with Crippen molar-refractivity contribution in [3.05, 3.63) is 22.4 Å². The molecule has 70 valence electrons. The fourth-order valence-corrected chi connectivity index (χ4v) is 2.39.